The number of hydrogen-bond acceptors (Lipinski definition) is 5. The first-order valence-electron chi connectivity index (χ1n) is 5.19. The fourth-order valence-electron chi connectivity index (χ4n) is 1.21. The number of carbonyl (C=O) groups is 2. The third kappa shape index (κ3) is 4.96. The number of halogens is 3. The molecule has 0 aromatic carbocycles. The van der Waals surface area contributed by atoms with Crippen molar-refractivity contribution >= 4 is 17.7 Å². The van der Waals surface area contributed by atoms with E-state index in [1.807, 2.05) is 5.43 Å². The van der Waals surface area contributed by atoms with Crippen LogP contribution in [0, 0.1) is 6.92 Å². The van der Waals surface area contributed by atoms with Crippen molar-refractivity contribution < 1.29 is 27.9 Å². The SMILES string of the molecule is Cc1cc(C(F)(F)F)cc(NNC(=O)/C=C/C(=O)[O-])n1. The molecule has 1 heterocycles. The zero-order chi connectivity index (χ0) is 15.3. The minimum Gasteiger partial charge on any atom is -0.545 e. The summed E-state index contributed by atoms with van der Waals surface area (Å²) in [6, 6.07) is 1.55. The van der Waals surface area contributed by atoms with Gasteiger partial charge in [-0.1, -0.05) is 0 Å². The molecule has 1 aromatic heterocycles. The second-order valence-electron chi connectivity index (χ2n) is 3.65. The minimum absolute atomic E-state index is 0.0989. The highest BCUT2D eigenvalue weighted by molar-refractivity contribution is 5.93. The van der Waals surface area contributed by atoms with Gasteiger partial charge < -0.3 is 9.90 Å². The molecule has 0 saturated carbocycles. The van der Waals surface area contributed by atoms with Crippen molar-refractivity contribution in [3.63, 3.8) is 0 Å². The molecule has 0 aliphatic heterocycles. The number of carboxylic acids is 1. The predicted octanol–water partition coefficient (Wildman–Crippen LogP) is 0.158. The number of rotatable bonds is 4. The van der Waals surface area contributed by atoms with Gasteiger partial charge >= 0.3 is 6.18 Å². The van der Waals surface area contributed by atoms with Crippen LogP contribution in [-0.2, 0) is 15.8 Å². The number of nitrogens with zero attached hydrogens (tertiary/aromatic N) is 1. The molecular weight excluding hydrogens is 279 g/mol. The first-order valence-corrected chi connectivity index (χ1v) is 5.19. The van der Waals surface area contributed by atoms with Gasteiger partial charge in [-0.25, -0.2) is 4.98 Å². The number of amides is 1. The maximum atomic E-state index is 12.5. The van der Waals surface area contributed by atoms with Crippen LogP contribution in [-0.4, -0.2) is 16.9 Å². The zero-order valence-corrected chi connectivity index (χ0v) is 10.1. The highest BCUT2D eigenvalue weighted by Gasteiger charge is 2.31. The lowest BCUT2D eigenvalue weighted by Gasteiger charge is -2.11. The molecule has 1 aromatic rings. The summed E-state index contributed by atoms with van der Waals surface area (Å²) in [6.45, 7) is 1.36. The van der Waals surface area contributed by atoms with Crippen molar-refractivity contribution in [1.82, 2.24) is 10.4 Å². The average Bonchev–Trinajstić information content (AvgIpc) is 2.32. The Kier molecular flexibility index (Phi) is 4.68. The quantitative estimate of drug-likeness (QED) is 0.608. The van der Waals surface area contributed by atoms with E-state index in [1.54, 1.807) is 0 Å². The lowest BCUT2D eigenvalue weighted by atomic mass is 10.2. The van der Waals surface area contributed by atoms with E-state index in [4.69, 9.17) is 0 Å². The van der Waals surface area contributed by atoms with E-state index in [1.165, 1.54) is 6.92 Å². The molecule has 0 spiro atoms. The summed E-state index contributed by atoms with van der Waals surface area (Å²) in [7, 11) is 0. The molecule has 2 N–H and O–H groups in total. The van der Waals surface area contributed by atoms with Gasteiger partial charge in [0.1, 0.15) is 5.82 Å². The summed E-state index contributed by atoms with van der Waals surface area (Å²) in [4.78, 5) is 24.9. The van der Waals surface area contributed by atoms with Crippen LogP contribution in [0.5, 0.6) is 0 Å². The molecule has 0 atom stereocenters. The number of carbonyl (C=O) groups excluding carboxylic acids is 2. The van der Waals surface area contributed by atoms with E-state index in [0.717, 1.165) is 6.07 Å². The van der Waals surface area contributed by atoms with Crippen LogP contribution in [0.2, 0.25) is 0 Å². The van der Waals surface area contributed by atoms with Gasteiger partial charge in [-0.05, 0) is 25.1 Å². The van der Waals surface area contributed by atoms with Gasteiger partial charge in [0, 0.05) is 11.8 Å². The van der Waals surface area contributed by atoms with Gasteiger partial charge in [-0.3, -0.25) is 15.6 Å². The number of aromatic nitrogens is 1. The molecule has 6 nitrogen and oxygen atoms in total. The average molecular weight is 288 g/mol. The predicted molar refractivity (Wildman–Crippen MR) is 59.9 cm³/mol. The summed E-state index contributed by atoms with van der Waals surface area (Å²) < 4.78 is 37.6. The van der Waals surface area contributed by atoms with Crippen molar-refractivity contribution in [3.8, 4) is 0 Å². The van der Waals surface area contributed by atoms with E-state index < -0.39 is 23.6 Å². The van der Waals surface area contributed by atoms with Crippen molar-refractivity contribution in [2.75, 3.05) is 5.43 Å². The van der Waals surface area contributed by atoms with E-state index in [0.29, 0.717) is 18.2 Å². The molecule has 20 heavy (non-hydrogen) atoms. The summed E-state index contributed by atoms with van der Waals surface area (Å²) in [5, 5.41) is 10.0. The number of anilines is 1. The fraction of sp³-hybridized carbons (Fsp3) is 0.182. The minimum atomic E-state index is -4.54. The number of alkyl halides is 3. The summed E-state index contributed by atoms with van der Waals surface area (Å²) >= 11 is 0. The van der Waals surface area contributed by atoms with Gasteiger partial charge in [0.25, 0.3) is 5.91 Å². The Morgan fingerprint density at radius 1 is 1.30 bits per heavy atom. The normalized spacial score (nSPS) is 11.4. The summed E-state index contributed by atoms with van der Waals surface area (Å²) in [5.74, 6) is -2.69. The van der Waals surface area contributed by atoms with Crippen LogP contribution >= 0.6 is 0 Å². The monoisotopic (exact) mass is 288 g/mol. The molecule has 1 amide bonds. The van der Waals surface area contributed by atoms with Gasteiger partial charge in [-0.15, -0.1) is 0 Å². The largest absolute Gasteiger partial charge is 0.545 e. The Morgan fingerprint density at radius 3 is 2.50 bits per heavy atom. The number of nitrogens with one attached hydrogen (secondary N) is 2. The first kappa shape index (κ1) is 15.5. The molecule has 9 heteroatoms. The number of carboxylic acid groups (broad SMARTS) is 1. The number of hydrazine groups is 1. The van der Waals surface area contributed by atoms with Crippen molar-refractivity contribution in [2.45, 2.75) is 13.1 Å². The molecule has 0 aliphatic carbocycles. The molecular formula is C11H9F3N3O3-. The van der Waals surface area contributed by atoms with Crippen LogP contribution in [0.15, 0.2) is 24.3 Å². The van der Waals surface area contributed by atoms with Gasteiger partial charge in [0.15, 0.2) is 0 Å². The fourth-order valence-corrected chi connectivity index (χ4v) is 1.21. The molecule has 1 rings (SSSR count). The Bertz CT molecular complexity index is 556. The molecule has 0 fully saturated rings. The molecule has 0 saturated heterocycles. The van der Waals surface area contributed by atoms with E-state index in [9.17, 15) is 27.9 Å². The van der Waals surface area contributed by atoms with Gasteiger partial charge in [-0.2, -0.15) is 13.2 Å². The maximum Gasteiger partial charge on any atom is 0.416 e. The van der Waals surface area contributed by atoms with Gasteiger partial charge in [0.2, 0.25) is 0 Å². The number of hydrogen-bond donors (Lipinski definition) is 2. The third-order valence-corrected chi connectivity index (χ3v) is 1.97. The van der Waals surface area contributed by atoms with E-state index in [2.05, 4.69) is 10.4 Å². The second-order valence-corrected chi connectivity index (χ2v) is 3.65. The van der Waals surface area contributed by atoms with Crippen molar-refractivity contribution in [3.05, 3.63) is 35.5 Å². The van der Waals surface area contributed by atoms with Gasteiger partial charge in [0.05, 0.1) is 11.5 Å². The van der Waals surface area contributed by atoms with Crippen LogP contribution in [0.25, 0.3) is 0 Å². The standard InChI is InChI=1S/C11H10F3N3O3/c1-6-4-7(11(12,13)14)5-8(15-6)16-17-9(18)2-3-10(19)20/h2-5H,1H3,(H,15,16)(H,17,18)(H,19,20)/p-1/b3-2+. The summed E-state index contributed by atoms with van der Waals surface area (Å²) in [5.41, 5.74) is 3.28. The molecule has 0 bridgehead atoms. The maximum absolute atomic E-state index is 12.5. The molecule has 0 aliphatic rings. The molecule has 0 unspecified atom stereocenters. The molecule has 0 radical (unpaired) electrons. The van der Waals surface area contributed by atoms with Crippen molar-refractivity contribution in [2.24, 2.45) is 0 Å². The Balaban J connectivity index is 2.76. The number of aryl methyl sites for hydroxylation is 1. The number of aliphatic carboxylic acids is 1. The van der Waals surface area contributed by atoms with Crippen LogP contribution < -0.4 is 16.0 Å². The summed E-state index contributed by atoms with van der Waals surface area (Å²) in [6.07, 6.45) is -3.42. The van der Waals surface area contributed by atoms with Crippen LogP contribution in [0.1, 0.15) is 11.3 Å². The Labute approximate surface area is 111 Å². The topological polar surface area (TPSA) is 94.1 Å². The highest BCUT2D eigenvalue weighted by Crippen LogP contribution is 2.30. The van der Waals surface area contributed by atoms with Crippen LogP contribution in [0.3, 0.4) is 0 Å². The third-order valence-electron chi connectivity index (χ3n) is 1.97. The zero-order valence-electron chi connectivity index (χ0n) is 10.1. The highest BCUT2D eigenvalue weighted by atomic mass is 19.4. The van der Waals surface area contributed by atoms with E-state index in [-0.39, 0.29) is 11.5 Å². The molecule has 108 valence electrons. The van der Waals surface area contributed by atoms with Crippen molar-refractivity contribution in [1.29, 1.82) is 0 Å². The van der Waals surface area contributed by atoms with Crippen LogP contribution in [0.4, 0.5) is 19.0 Å². The Morgan fingerprint density at radius 2 is 1.95 bits per heavy atom. The smallest absolute Gasteiger partial charge is 0.416 e. The van der Waals surface area contributed by atoms with E-state index >= 15 is 0 Å². The lowest BCUT2D eigenvalue weighted by Crippen LogP contribution is -2.29. The first-order chi connectivity index (χ1) is 9.18. The lowest BCUT2D eigenvalue weighted by molar-refractivity contribution is -0.297. The Hall–Kier alpha value is -2.58. The number of pyridine rings is 1. The second kappa shape index (κ2) is 6.04.